The third-order valence-electron chi connectivity index (χ3n) is 3.47. The van der Waals surface area contributed by atoms with E-state index < -0.39 is 11.9 Å². The van der Waals surface area contributed by atoms with Gasteiger partial charge in [0.1, 0.15) is 5.75 Å². The van der Waals surface area contributed by atoms with E-state index in [2.05, 4.69) is 5.32 Å². The first-order chi connectivity index (χ1) is 11.6. The van der Waals surface area contributed by atoms with Crippen molar-refractivity contribution in [3.63, 3.8) is 0 Å². The van der Waals surface area contributed by atoms with Gasteiger partial charge in [0.15, 0.2) is 17.7 Å². The molecule has 0 fully saturated rings. The van der Waals surface area contributed by atoms with Crippen molar-refractivity contribution in [2.24, 2.45) is 0 Å². The van der Waals surface area contributed by atoms with Crippen molar-refractivity contribution < 1.29 is 18.7 Å². The summed E-state index contributed by atoms with van der Waals surface area (Å²) in [4.78, 5) is 12.2. The highest BCUT2D eigenvalue weighted by Gasteiger charge is 2.19. The van der Waals surface area contributed by atoms with Gasteiger partial charge < -0.3 is 14.8 Å². The maximum absolute atomic E-state index is 13.6. The summed E-state index contributed by atoms with van der Waals surface area (Å²) in [7, 11) is 0. The molecule has 0 aliphatic rings. The lowest BCUT2D eigenvalue weighted by atomic mass is 10.2. The fourth-order valence-electron chi connectivity index (χ4n) is 2.19. The Bertz CT molecular complexity index is 658. The lowest BCUT2D eigenvalue weighted by Crippen LogP contribution is -2.37. The summed E-state index contributed by atoms with van der Waals surface area (Å²) >= 11 is 0. The van der Waals surface area contributed by atoms with Crippen LogP contribution in [0.4, 0.5) is 4.39 Å². The Morgan fingerprint density at radius 2 is 1.83 bits per heavy atom. The highest BCUT2D eigenvalue weighted by Crippen LogP contribution is 2.18. The van der Waals surface area contributed by atoms with E-state index in [9.17, 15) is 9.18 Å². The molecule has 0 heterocycles. The largest absolute Gasteiger partial charge is 0.494 e. The summed E-state index contributed by atoms with van der Waals surface area (Å²) in [6.45, 7) is 4.74. The number of amides is 1. The smallest absolute Gasteiger partial charge is 0.261 e. The number of ether oxygens (including phenoxy) is 2. The van der Waals surface area contributed by atoms with E-state index in [0.717, 1.165) is 11.3 Å². The minimum Gasteiger partial charge on any atom is -0.494 e. The van der Waals surface area contributed by atoms with Crippen LogP contribution < -0.4 is 14.8 Å². The van der Waals surface area contributed by atoms with E-state index in [0.29, 0.717) is 19.6 Å². The summed E-state index contributed by atoms with van der Waals surface area (Å²) in [6, 6.07) is 13.6. The molecule has 128 valence electrons. The molecule has 0 bridgehead atoms. The Morgan fingerprint density at radius 1 is 1.12 bits per heavy atom. The fourth-order valence-corrected chi connectivity index (χ4v) is 2.19. The van der Waals surface area contributed by atoms with Gasteiger partial charge >= 0.3 is 0 Å². The zero-order valence-electron chi connectivity index (χ0n) is 13.9. The van der Waals surface area contributed by atoms with Gasteiger partial charge in [0.05, 0.1) is 6.61 Å². The Balaban J connectivity index is 1.91. The first-order valence-electron chi connectivity index (χ1n) is 8.04. The number of carbonyl (C=O) groups excluding carboxylic acids is 1. The quantitative estimate of drug-likeness (QED) is 0.802. The van der Waals surface area contributed by atoms with Crippen molar-refractivity contribution in [1.82, 2.24) is 5.32 Å². The first-order valence-corrected chi connectivity index (χ1v) is 8.04. The SMILES string of the molecule is CCOc1ccc(CNC(=O)[C@H](CC)Oc2ccccc2F)cc1. The molecule has 1 amide bonds. The van der Waals surface area contributed by atoms with Crippen molar-refractivity contribution in [2.45, 2.75) is 32.9 Å². The van der Waals surface area contributed by atoms with Crippen LogP contribution in [-0.2, 0) is 11.3 Å². The average Bonchev–Trinajstić information content (AvgIpc) is 2.60. The monoisotopic (exact) mass is 331 g/mol. The number of carbonyl (C=O) groups is 1. The van der Waals surface area contributed by atoms with E-state index >= 15 is 0 Å². The van der Waals surface area contributed by atoms with Gasteiger partial charge in [0.25, 0.3) is 5.91 Å². The molecule has 2 rings (SSSR count). The average molecular weight is 331 g/mol. The van der Waals surface area contributed by atoms with E-state index in [1.54, 1.807) is 12.1 Å². The van der Waals surface area contributed by atoms with Gasteiger partial charge in [-0.05, 0) is 43.2 Å². The van der Waals surface area contributed by atoms with Crippen LogP contribution in [-0.4, -0.2) is 18.6 Å². The van der Waals surface area contributed by atoms with Gasteiger partial charge in [-0.15, -0.1) is 0 Å². The number of nitrogens with one attached hydrogen (secondary N) is 1. The molecule has 2 aromatic carbocycles. The molecule has 1 N–H and O–H groups in total. The normalized spacial score (nSPS) is 11.6. The summed E-state index contributed by atoms with van der Waals surface area (Å²) < 4.78 is 24.5. The standard InChI is InChI=1S/C19H22FNO3/c1-3-17(24-18-8-6-5-7-16(18)20)19(22)21-13-14-9-11-15(12-10-14)23-4-2/h5-12,17H,3-4,13H2,1-2H3,(H,21,22)/t17-/m0/s1. The molecule has 2 aromatic rings. The summed E-state index contributed by atoms with van der Waals surface area (Å²) in [5.41, 5.74) is 0.951. The third kappa shape index (κ3) is 4.98. The number of halogens is 1. The van der Waals surface area contributed by atoms with Crippen LogP contribution in [0.25, 0.3) is 0 Å². The minimum absolute atomic E-state index is 0.0839. The first kappa shape index (κ1) is 17.8. The van der Waals surface area contributed by atoms with Crippen molar-refractivity contribution in [3.8, 4) is 11.5 Å². The molecule has 24 heavy (non-hydrogen) atoms. The van der Waals surface area contributed by atoms with Gasteiger partial charge in [-0.25, -0.2) is 4.39 Å². The highest BCUT2D eigenvalue weighted by atomic mass is 19.1. The van der Waals surface area contributed by atoms with Gasteiger partial charge in [-0.3, -0.25) is 4.79 Å². The summed E-state index contributed by atoms with van der Waals surface area (Å²) in [6.07, 6.45) is -0.284. The Morgan fingerprint density at radius 3 is 2.46 bits per heavy atom. The fraction of sp³-hybridized carbons (Fsp3) is 0.316. The molecule has 0 aliphatic carbocycles. The number of hydrogen-bond donors (Lipinski definition) is 1. The predicted molar refractivity (Wildman–Crippen MR) is 90.6 cm³/mol. The van der Waals surface area contributed by atoms with Crippen LogP contribution in [0.15, 0.2) is 48.5 Å². The van der Waals surface area contributed by atoms with Crippen LogP contribution in [0.3, 0.4) is 0 Å². The second kappa shape index (κ2) is 8.91. The Labute approximate surface area is 141 Å². The van der Waals surface area contributed by atoms with Crippen LogP contribution >= 0.6 is 0 Å². The second-order valence-electron chi connectivity index (χ2n) is 5.24. The molecule has 0 unspecified atom stereocenters. The molecule has 5 heteroatoms. The molecule has 0 aromatic heterocycles. The van der Waals surface area contributed by atoms with Crippen LogP contribution in [0.5, 0.6) is 11.5 Å². The predicted octanol–water partition coefficient (Wildman–Crippen LogP) is 3.70. The number of rotatable bonds is 8. The number of benzene rings is 2. The molecular formula is C19H22FNO3. The molecule has 0 radical (unpaired) electrons. The Hall–Kier alpha value is -2.56. The number of para-hydroxylation sites is 1. The molecule has 1 atom stereocenters. The third-order valence-corrected chi connectivity index (χ3v) is 3.47. The van der Waals surface area contributed by atoms with Gasteiger partial charge in [-0.2, -0.15) is 0 Å². The molecule has 0 saturated carbocycles. The highest BCUT2D eigenvalue weighted by molar-refractivity contribution is 5.81. The van der Waals surface area contributed by atoms with Crippen LogP contribution in [0, 0.1) is 5.82 Å². The maximum atomic E-state index is 13.6. The van der Waals surface area contributed by atoms with E-state index in [1.807, 2.05) is 38.1 Å². The van der Waals surface area contributed by atoms with Crippen molar-refractivity contribution in [1.29, 1.82) is 0 Å². The van der Waals surface area contributed by atoms with Crippen LogP contribution in [0.2, 0.25) is 0 Å². The molecule has 0 saturated heterocycles. The zero-order valence-corrected chi connectivity index (χ0v) is 13.9. The lowest BCUT2D eigenvalue weighted by Gasteiger charge is -2.17. The zero-order chi connectivity index (χ0) is 17.4. The van der Waals surface area contributed by atoms with Crippen molar-refractivity contribution >= 4 is 5.91 Å². The van der Waals surface area contributed by atoms with E-state index in [1.165, 1.54) is 12.1 Å². The molecule has 0 aliphatic heterocycles. The van der Waals surface area contributed by atoms with Gasteiger partial charge in [0, 0.05) is 6.54 Å². The van der Waals surface area contributed by atoms with Crippen LogP contribution in [0.1, 0.15) is 25.8 Å². The lowest BCUT2D eigenvalue weighted by molar-refractivity contribution is -0.128. The van der Waals surface area contributed by atoms with E-state index in [-0.39, 0.29) is 11.7 Å². The molecule has 0 spiro atoms. The molecule has 4 nitrogen and oxygen atoms in total. The molecular weight excluding hydrogens is 309 g/mol. The van der Waals surface area contributed by atoms with Crippen molar-refractivity contribution in [3.05, 3.63) is 59.9 Å². The Kier molecular flexibility index (Phi) is 6.61. The van der Waals surface area contributed by atoms with Gasteiger partial charge in [0.2, 0.25) is 0 Å². The summed E-state index contributed by atoms with van der Waals surface area (Å²) in [5.74, 6) is 0.132. The topological polar surface area (TPSA) is 47.6 Å². The summed E-state index contributed by atoms with van der Waals surface area (Å²) in [5, 5.41) is 2.81. The maximum Gasteiger partial charge on any atom is 0.261 e. The van der Waals surface area contributed by atoms with Crippen molar-refractivity contribution in [2.75, 3.05) is 6.61 Å². The second-order valence-corrected chi connectivity index (χ2v) is 5.24. The minimum atomic E-state index is -0.732. The van der Waals surface area contributed by atoms with E-state index in [4.69, 9.17) is 9.47 Å². The van der Waals surface area contributed by atoms with Gasteiger partial charge in [-0.1, -0.05) is 31.2 Å². The number of hydrogen-bond acceptors (Lipinski definition) is 3.